The van der Waals surface area contributed by atoms with Crippen LogP contribution in [0.15, 0.2) is 53.1 Å². The summed E-state index contributed by atoms with van der Waals surface area (Å²) in [5.41, 5.74) is 0.972. The Morgan fingerprint density at radius 1 is 1.13 bits per heavy atom. The number of hydrogen-bond acceptors (Lipinski definition) is 5. The highest BCUT2D eigenvalue weighted by molar-refractivity contribution is 6.30. The second kappa shape index (κ2) is 7.98. The highest BCUT2D eigenvalue weighted by Crippen LogP contribution is 2.34. The van der Waals surface area contributed by atoms with E-state index in [2.05, 4.69) is 14.9 Å². The van der Waals surface area contributed by atoms with Gasteiger partial charge in [-0.2, -0.15) is 4.98 Å². The summed E-state index contributed by atoms with van der Waals surface area (Å²) < 4.78 is 46.1. The van der Waals surface area contributed by atoms with Crippen LogP contribution in [0, 0.1) is 0 Å². The molecule has 1 aliphatic heterocycles. The molecule has 0 N–H and O–H groups in total. The van der Waals surface area contributed by atoms with Gasteiger partial charge < -0.3 is 14.2 Å². The van der Waals surface area contributed by atoms with Gasteiger partial charge in [0.05, 0.1) is 0 Å². The van der Waals surface area contributed by atoms with Gasteiger partial charge in [-0.15, -0.1) is 13.2 Å². The molecule has 0 aliphatic carbocycles. The van der Waals surface area contributed by atoms with Crippen molar-refractivity contribution in [2.45, 2.75) is 25.2 Å². The Kier molecular flexibility index (Phi) is 5.38. The van der Waals surface area contributed by atoms with Crippen LogP contribution in [0.25, 0.3) is 11.4 Å². The molecular weight excluding hydrogens is 423 g/mol. The van der Waals surface area contributed by atoms with E-state index in [1.807, 2.05) is 0 Å². The molecule has 4 rings (SSSR count). The fourth-order valence-electron chi connectivity index (χ4n) is 3.32. The Hall–Kier alpha value is -3.07. The molecule has 1 amide bonds. The summed E-state index contributed by atoms with van der Waals surface area (Å²) in [5, 5.41) is 4.45. The van der Waals surface area contributed by atoms with Crippen LogP contribution in [0.4, 0.5) is 13.2 Å². The highest BCUT2D eigenvalue weighted by atomic mass is 35.5. The van der Waals surface area contributed by atoms with E-state index in [0.717, 1.165) is 6.42 Å². The minimum absolute atomic E-state index is 0.164. The second-order valence-corrected chi connectivity index (χ2v) is 7.13. The van der Waals surface area contributed by atoms with Gasteiger partial charge in [0.25, 0.3) is 5.91 Å². The van der Waals surface area contributed by atoms with Crippen molar-refractivity contribution < 1.29 is 27.2 Å². The van der Waals surface area contributed by atoms with Gasteiger partial charge in [0.1, 0.15) is 11.8 Å². The molecule has 0 unspecified atom stereocenters. The molecule has 156 valence electrons. The number of halogens is 4. The molecule has 1 atom stereocenters. The SMILES string of the molecule is O=C(c1ccc(Cl)cc1)N1CCC[C@H]1c1nc(-c2ccc(OC(F)(F)F)cc2)no1. The predicted molar refractivity (Wildman–Crippen MR) is 101 cm³/mol. The first-order chi connectivity index (χ1) is 14.3. The Morgan fingerprint density at radius 2 is 1.83 bits per heavy atom. The van der Waals surface area contributed by atoms with Crippen LogP contribution in [0.3, 0.4) is 0 Å². The molecule has 1 fully saturated rings. The monoisotopic (exact) mass is 437 g/mol. The van der Waals surface area contributed by atoms with Gasteiger partial charge in [-0.05, 0) is 61.4 Å². The lowest BCUT2D eigenvalue weighted by atomic mass is 10.1. The molecule has 1 aliphatic rings. The molecule has 10 heteroatoms. The van der Waals surface area contributed by atoms with E-state index in [1.54, 1.807) is 29.2 Å². The number of hydrogen-bond donors (Lipinski definition) is 0. The van der Waals surface area contributed by atoms with E-state index in [-0.39, 0.29) is 29.4 Å². The number of alkyl halides is 3. The van der Waals surface area contributed by atoms with E-state index < -0.39 is 6.36 Å². The van der Waals surface area contributed by atoms with Crippen molar-refractivity contribution in [2.75, 3.05) is 6.54 Å². The summed E-state index contributed by atoms with van der Waals surface area (Å²) >= 11 is 5.88. The number of nitrogens with zero attached hydrogens (tertiary/aromatic N) is 3. The number of carbonyl (C=O) groups is 1. The van der Waals surface area contributed by atoms with Crippen LogP contribution >= 0.6 is 11.6 Å². The molecule has 30 heavy (non-hydrogen) atoms. The van der Waals surface area contributed by atoms with E-state index in [1.165, 1.54) is 24.3 Å². The molecule has 0 bridgehead atoms. The molecule has 2 aromatic carbocycles. The van der Waals surface area contributed by atoms with Gasteiger partial charge in [-0.25, -0.2) is 0 Å². The minimum Gasteiger partial charge on any atom is -0.406 e. The Bertz CT molecular complexity index is 1040. The third-order valence-electron chi connectivity index (χ3n) is 4.68. The van der Waals surface area contributed by atoms with Crippen LogP contribution in [0.1, 0.15) is 35.1 Å². The molecule has 0 radical (unpaired) electrons. The van der Waals surface area contributed by atoms with Crippen molar-refractivity contribution in [3.63, 3.8) is 0 Å². The Balaban J connectivity index is 1.51. The summed E-state index contributed by atoms with van der Waals surface area (Å²) in [6.45, 7) is 0.549. The zero-order chi connectivity index (χ0) is 21.3. The van der Waals surface area contributed by atoms with Crippen molar-refractivity contribution in [1.82, 2.24) is 15.0 Å². The van der Waals surface area contributed by atoms with Gasteiger partial charge >= 0.3 is 6.36 Å². The second-order valence-electron chi connectivity index (χ2n) is 6.69. The quantitative estimate of drug-likeness (QED) is 0.556. The molecule has 1 saturated heterocycles. The third kappa shape index (κ3) is 4.40. The average Bonchev–Trinajstić information content (AvgIpc) is 3.37. The van der Waals surface area contributed by atoms with Crippen molar-refractivity contribution >= 4 is 17.5 Å². The number of rotatable bonds is 4. The number of amides is 1. The van der Waals surface area contributed by atoms with Gasteiger partial charge in [0.15, 0.2) is 0 Å². The molecule has 3 aromatic rings. The lowest BCUT2D eigenvalue weighted by molar-refractivity contribution is -0.274. The van der Waals surface area contributed by atoms with Crippen molar-refractivity contribution in [3.05, 3.63) is 65.0 Å². The van der Waals surface area contributed by atoms with E-state index in [4.69, 9.17) is 16.1 Å². The number of carbonyl (C=O) groups excluding carboxylic acids is 1. The first kappa shape index (κ1) is 20.2. The van der Waals surface area contributed by atoms with E-state index in [0.29, 0.717) is 29.1 Å². The Morgan fingerprint density at radius 3 is 2.50 bits per heavy atom. The van der Waals surface area contributed by atoms with E-state index in [9.17, 15) is 18.0 Å². The fourth-order valence-corrected chi connectivity index (χ4v) is 3.44. The zero-order valence-electron chi connectivity index (χ0n) is 15.4. The van der Waals surface area contributed by atoms with Crippen molar-refractivity contribution in [3.8, 4) is 17.1 Å². The first-order valence-electron chi connectivity index (χ1n) is 9.06. The van der Waals surface area contributed by atoms with Crippen LogP contribution in [0.5, 0.6) is 5.75 Å². The van der Waals surface area contributed by atoms with Gasteiger partial charge in [-0.1, -0.05) is 16.8 Å². The summed E-state index contributed by atoms with van der Waals surface area (Å²) in [7, 11) is 0. The summed E-state index contributed by atoms with van der Waals surface area (Å²) in [6.07, 6.45) is -3.31. The maximum absolute atomic E-state index is 12.9. The van der Waals surface area contributed by atoms with Crippen LogP contribution < -0.4 is 4.74 Å². The van der Waals surface area contributed by atoms with Crippen LogP contribution in [-0.2, 0) is 0 Å². The molecular formula is C20H15ClF3N3O3. The largest absolute Gasteiger partial charge is 0.573 e. The fraction of sp³-hybridized carbons (Fsp3) is 0.250. The topological polar surface area (TPSA) is 68.5 Å². The number of benzene rings is 2. The lowest BCUT2D eigenvalue weighted by Crippen LogP contribution is -2.30. The molecule has 0 spiro atoms. The highest BCUT2D eigenvalue weighted by Gasteiger charge is 2.35. The predicted octanol–water partition coefficient (Wildman–Crippen LogP) is 5.27. The lowest BCUT2D eigenvalue weighted by Gasteiger charge is -2.21. The normalized spacial score (nSPS) is 16.7. The molecule has 1 aromatic heterocycles. The number of ether oxygens (including phenoxy) is 1. The van der Waals surface area contributed by atoms with Crippen molar-refractivity contribution in [2.24, 2.45) is 0 Å². The van der Waals surface area contributed by atoms with E-state index >= 15 is 0 Å². The number of aromatic nitrogens is 2. The van der Waals surface area contributed by atoms with Gasteiger partial charge in [0, 0.05) is 22.7 Å². The smallest absolute Gasteiger partial charge is 0.406 e. The minimum atomic E-state index is -4.76. The molecule has 6 nitrogen and oxygen atoms in total. The van der Waals surface area contributed by atoms with Crippen LogP contribution in [0.2, 0.25) is 5.02 Å². The number of likely N-dealkylation sites (tertiary alicyclic amines) is 1. The molecule has 0 saturated carbocycles. The Labute approximate surface area is 174 Å². The summed E-state index contributed by atoms with van der Waals surface area (Å²) in [4.78, 5) is 18.9. The van der Waals surface area contributed by atoms with Crippen LogP contribution in [-0.4, -0.2) is 33.9 Å². The first-order valence-corrected chi connectivity index (χ1v) is 9.44. The maximum atomic E-state index is 12.9. The van der Waals surface area contributed by atoms with Gasteiger partial charge in [-0.3, -0.25) is 4.79 Å². The standard InChI is InChI=1S/C20H15ClF3N3O3/c21-14-7-3-13(4-8-14)19(28)27-11-1-2-16(27)18-25-17(26-30-18)12-5-9-15(10-6-12)29-20(22,23)24/h3-10,16H,1-2,11H2/t16-/m0/s1. The van der Waals surface area contributed by atoms with Crippen molar-refractivity contribution in [1.29, 1.82) is 0 Å². The maximum Gasteiger partial charge on any atom is 0.573 e. The average molecular weight is 438 g/mol. The zero-order valence-corrected chi connectivity index (χ0v) is 16.2. The molecule has 2 heterocycles. The van der Waals surface area contributed by atoms with Gasteiger partial charge in [0.2, 0.25) is 11.7 Å². The summed E-state index contributed by atoms with van der Waals surface area (Å²) in [5.74, 6) is -0.0113. The summed E-state index contributed by atoms with van der Waals surface area (Å²) in [6, 6.07) is 11.4. The third-order valence-corrected chi connectivity index (χ3v) is 4.93.